The smallest absolute Gasteiger partial charge is 0.409 e. The number of para-hydroxylation sites is 1. The van der Waals surface area contributed by atoms with Crippen molar-refractivity contribution in [3.63, 3.8) is 0 Å². The lowest BCUT2D eigenvalue weighted by Gasteiger charge is -2.34. The van der Waals surface area contributed by atoms with Crippen LogP contribution in [0.15, 0.2) is 24.3 Å². The van der Waals surface area contributed by atoms with Crippen molar-refractivity contribution in [1.29, 1.82) is 0 Å². The Hall–Kier alpha value is -1.72. The number of halogens is 3. The summed E-state index contributed by atoms with van der Waals surface area (Å²) in [5, 5.41) is 8.77. The number of fused-ring (bicyclic) bond motifs is 1. The number of nitrogens with zero attached hydrogens (tertiary/aromatic N) is 1. The van der Waals surface area contributed by atoms with Crippen molar-refractivity contribution in [2.45, 2.75) is 37.9 Å². The zero-order valence-corrected chi connectivity index (χ0v) is 10.9. The quantitative estimate of drug-likeness (QED) is 0.928. The van der Waals surface area contributed by atoms with Crippen LogP contribution >= 0.6 is 0 Å². The van der Waals surface area contributed by atoms with Crippen molar-refractivity contribution in [3.05, 3.63) is 29.8 Å². The van der Waals surface area contributed by atoms with E-state index in [2.05, 4.69) is 0 Å². The maximum absolute atomic E-state index is 13.2. The van der Waals surface area contributed by atoms with E-state index in [1.54, 1.807) is 18.2 Å². The summed E-state index contributed by atoms with van der Waals surface area (Å²) < 4.78 is 39.6. The number of aryl methyl sites for hydroxylation is 1. The minimum atomic E-state index is -4.56. The molecular weight excluding hydrogens is 271 g/mol. The van der Waals surface area contributed by atoms with Gasteiger partial charge in [-0.05, 0) is 30.9 Å². The highest BCUT2D eigenvalue weighted by Gasteiger charge is 2.45. The maximum atomic E-state index is 13.2. The highest BCUT2D eigenvalue weighted by Crippen LogP contribution is 2.35. The van der Waals surface area contributed by atoms with Crippen LogP contribution in [0.25, 0.3) is 0 Å². The van der Waals surface area contributed by atoms with Crippen molar-refractivity contribution < 1.29 is 23.1 Å². The molecule has 0 saturated heterocycles. The molecule has 6 heteroatoms. The van der Waals surface area contributed by atoms with E-state index in [1.807, 2.05) is 6.07 Å². The zero-order valence-electron chi connectivity index (χ0n) is 10.9. The van der Waals surface area contributed by atoms with Crippen LogP contribution in [0.1, 0.15) is 24.8 Å². The average molecular weight is 287 g/mol. The molecule has 0 fully saturated rings. The Bertz CT molecular complexity index is 488. The predicted molar refractivity (Wildman–Crippen MR) is 68.8 cm³/mol. The Balaban J connectivity index is 2.39. The highest BCUT2D eigenvalue weighted by molar-refractivity contribution is 5.69. The summed E-state index contributed by atoms with van der Waals surface area (Å²) in [4.78, 5) is 12.0. The summed E-state index contributed by atoms with van der Waals surface area (Å²) in [6.07, 6.45) is -3.33. The summed E-state index contributed by atoms with van der Waals surface area (Å²) >= 11 is 0. The number of benzene rings is 1. The van der Waals surface area contributed by atoms with E-state index in [0.717, 1.165) is 18.4 Å². The fourth-order valence-corrected chi connectivity index (χ4v) is 2.61. The van der Waals surface area contributed by atoms with E-state index in [0.29, 0.717) is 12.1 Å². The monoisotopic (exact) mass is 287 g/mol. The molecule has 1 N–H and O–H groups in total. The average Bonchev–Trinajstić information content (AvgIpc) is 2.56. The second-order valence-electron chi connectivity index (χ2n) is 4.93. The Labute approximate surface area is 115 Å². The van der Waals surface area contributed by atoms with Crippen LogP contribution in [0.3, 0.4) is 0 Å². The standard InChI is InChI=1S/C14H16F3NO2/c15-14(16,17)12(9-13(19)20)18-8-4-3-6-10-5-1-2-7-11(10)18/h1-2,5,7,12H,3-4,6,8-9H2,(H,19,20). The molecule has 3 nitrogen and oxygen atoms in total. The van der Waals surface area contributed by atoms with E-state index >= 15 is 0 Å². The van der Waals surface area contributed by atoms with Crippen LogP contribution in [0.5, 0.6) is 0 Å². The van der Waals surface area contributed by atoms with Gasteiger partial charge in [0.1, 0.15) is 6.04 Å². The number of rotatable bonds is 3. The van der Waals surface area contributed by atoms with Crippen molar-refractivity contribution >= 4 is 11.7 Å². The van der Waals surface area contributed by atoms with E-state index < -0.39 is 24.6 Å². The molecule has 0 aliphatic carbocycles. The minimum absolute atomic E-state index is 0.231. The first-order valence-corrected chi connectivity index (χ1v) is 6.52. The van der Waals surface area contributed by atoms with Crippen LogP contribution < -0.4 is 4.90 Å². The highest BCUT2D eigenvalue weighted by atomic mass is 19.4. The first kappa shape index (κ1) is 14.7. The third kappa shape index (κ3) is 3.23. The fraction of sp³-hybridized carbons (Fsp3) is 0.500. The topological polar surface area (TPSA) is 40.5 Å². The molecule has 0 radical (unpaired) electrons. The summed E-state index contributed by atoms with van der Waals surface area (Å²) in [5.41, 5.74) is 1.36. The number of anilines is 1. The number of hydrogen-bond donors (Lipinski definition) is 1. The van der Waals surface area contributed by atoms with Crippen molar-refractivity contribution in [1.82, 2.24) is 0 Å². The molecule has 0 aromatic heterocycles. The van der Waals surface area contributed by atoms with Crippen LogP contribution in [-0.2, 0) is 11.2 Å². The molecule has 0 spiro atoms. The van der Waals surface area contributed by atoms with Gasteiger partial charge in [0.25, 0.3) is 0 Å². The van der Waals surface area contributed by atoms with Gasteiger partial charge in [-0.2, -0.15) is 13.2 Å². The Morgan fingerprint density at radius 3 is 2.65 bits per heavy atom. The van der Waals surface area contributed by atoms with Gasteiger partial charge in [-0.3, -0.25) is 4.79 Å². The van der Waals surface area contributed by atoms with Gasteiger partial charge in [-0.25, -0.2) is 0 Å². The number of alkyl halides is 3. The largest absolute Gasteiger partial charge is 0.481 e. The normalized spacial score (nSPS) is 17.2. The van der Waals surface area contributed by atoms with E-state index in [4.69, 9.17) is 5.11 Å². The number of carboxylic acids is 1. The van der Waals surface area contributed by atoms with Gasteiger partial charge >= 0.3 is 12.1 Å². The lowest BCUT2D eigenvalue weighted by molar-refractivity contribution is -0.162. The third-order valence-corrected chi connectivity index (χ3v) is 3.52. The number of carbonyl (C=O) groups is 1. The molecule has 1 unspecified atom stereocenters. The molecule has 1 aromatic carbocycles. The molecule has 110 valence electrons. The van der Waals surface area contributed by atoms with Gasteiger partial charge in [-0.15, -0.1) is 0 Å². The van der Waals surface area contributed by atoms with E-state index in [9.17, 15) is 18.0 Å². The molecule has 1 aromatic rings. The zero-order chi connectivity index (χ0) is 14.8. The fourth-order valence-electron chi connectivity index (χ4n) is 2.61. The predicted octanol–water partition coefficient (Wildman–Crippen LogP) is 3.23. The van der Waals surface area contributed by atoms with Crippen LogP contribution in [0.2, 0.25) is 0 Å². The second kappa shape index (κ2) is 5.73. The van der Waals surface area contributed by atoms with Gasteiger partial charge < -0.3 is 10.0 Å². The summed E-state index contributed by atoms with van der Waals surface area (Å²) in [6.45, 7) is 0.231. The van der Waals surface area contributed by atoms with Crippen LogP contribution in [0, 0.1) is 0 Å². The number of carboxylic acid groups (broad SMARTS) is 1. The SMILES string of the molecule is O=C(O)CC(N1CCCCc2ccccc21)C(F)(F)F. The molecule has 1 heterocycles. The van der Waals surface area contributed by atoms with Crippen LogP contribution in [0.4, 0.5) is 18.9 Å². The molecule has 0 amide bonds. The van der Waals surface area contributed by atoms with Crippen molar-refractivity contribution in [3.8, 4) is 0 Å². The Morgan fingerprint density at radius 2 is 2.00 bits per heavy atom. The number of aliphatic carboxylic acids is 1. The van der Waals surface area contributed by atoms with Gasteiger partial charge in [-0.1, -0.05) is 18.2 Å². The van der Waals surface area contributed by atoms with Gasteiger partial charge in [0.05, 0.1) is 6.42 Å². The maximum Gasteiger partial charge on any atom is 0.409 e. The molecule has 1 atom stereocenters. The van der Waals surface area contributed by atoms with E-state index in [1.165, 1.54) is 4.90 Å². The molecular formula is C14H16F3NO2. The van der Waals surface area contributed by atoms with Crippen molar-refractivity contribution in [2.24, 2.45) is 0 Å². The molecule has 1 aliphatic rings. The Morgan fingerprint density at radius 1 is 1.30 bits per heavy atom. The molecule has 20 heavy (non-hydrogen) atoms. The van der Waals surface area contributed by atoms with E-state index in [-0.39, 0.29) is 6.54 Å². The molecule has 0 bridgehead atoms. The molecule has 0 saturated carbocycles. The molecule has 2 rings (SSSR count). The van der Waals surface area contributed by atoms with Crippen LogP contribution in [-0.4, -0.2) is 29.8 Å². The summed E-state index contributed by atoms with van der Waals surface area (Å²) in [7, 11) is 0. The summed E-state index contributed by atoms with van der Waals surface area (Å²) in [6, 6.07) is 4.95. The first-order chi connectivity index (χ1) is 9.39. The molecule has 1 aliphatic heterocycles. The minimum Gasteiger partial charge on any atom is -0.481 e. The van der Waals surface area contributed by atoms with Gasteiger partial charge in [0.2, 0.25) is 0 Å². The lowest BCUT2D eigenvalue weighted by Crippen LogP contribution is -2.47. The van der Waals surface area contributed by atoms with Crippen molar-refractivity contribution in [2.75, 3.05) is 11.4 Å². The van der Waals surface area contributed by atoms with Gasteiger partial charge in [0.15, 0.2) is 0 Å². The second-order valence-corrected chi connectivity index (χ2v) is 4.93. The Kier molecular flexibility index (Phi) is 4.20. The number of hydrogen-bond acceptors (Lipinski definition) is 2. The lowest BCUT2D eigenvalue weighted by atomic mass is 10.1. The first-order valence-electron chi connectivity index (χ1n) is 6.52. The summed E-state index contributed by atoms with van der Waals surface area (Å²) in [5.74, 6) is -1.44. The third-order valence-electron chi connectivity index (χ3n) is 3.52. The van der Waals surface area contributed by atoms with Gasteiger partial charge in [0, 0.05) is 12.2 Å².